The third kappa shape index (κ3) is 3.81. The fraction of sp³-hybridized carbons (Fsp3) is 0.444. The molecule has 0 aliphatic carbocycles. The zero-order chi connectivity index (χ0) is 9.68. The van der Waals surface area contributed by atoms with E-state index in [0.717, 1.165) is 5.56 Å². The van der Waals surface area contributed by atoms with Crippen molar-refractivity contribution in [2.24, 2.45) is 5.73 Å². The van der Waals surface area contributed by atoms with Crippen molar-refractivity contribution in [3.05, 3.63) is 24.2 Å². The first kappa shape index (κ1) is 13.0. The van der Waals surface area contributed by atoms with Gasteiger partial charge in [0.25, 0.3) is 0 Å². The van der Waals surface area contributed by atoms with Gasteiger partial charge < -0.3 is 14.9 Å². The number of hydrogen-bond donors (Lipinski definition) is 1. The van der Waals surface area contributed by atoms with E-state index in [1.54, 1.807) is 13.0 Å². The lowest BCUT2D eigenvalue weighted by Gasteiger charge is -2.07. The molecule has 0 aromatic carbocycles. The maximum absolute atomic E-state index is 11.0. The van der Waals surface area contributed by atoms with Gasteiger partial charge in [-0.3, -0.25) is 4.79 Å². The van der Waals surface area contributed by atoms with Crippen LogP contribution in [-0.2, 0) is 9.53 Å². The molecule has 4 nitrogen and oxygen atoms in total. The van der Waals surface area contributed by atoms with E-state index in [2.05, 4.69) is 0 Å². The van der Waals surface area contributed by atoms with Crippen LogP contribution in [0.15, 0.2) is 23.0 Å². The van der Waals surface area contributed by atoms with Gasteiger partial charge in [-0.1, -0.05) is 0 Å². The van der Waals surface area contributed by atoms with Crippen molar-refractivity contribution >= 4 is 18.4 Å². The molecule has 0 saturated heterocycles. The Hall–Kier alpha value is -1.00. The fourth-order valence-corrected chi connectivity index (χ4v) is 1.00. The number of hydrogen-bond acceptors (Lipinski definition) is 4. The minimum Gasteiger partial charge on any atom is -0.472 e. The predicted molar refractivity (Wildman–Crippen MR) is 54.1 cm³/mol. The molecule has 0 radical (unpaired) electrons. The van der Waals surface area contributed by atoms with Crippen LogP contribution in [0.5, 0.6) is 0 Å². The monoisotopic (exact) mass is 219 g/mol. The number of rotatable bonds is 4. The maximum Gasteiger partial charge on any atom is 0.307 e. The van der Waals surface area contributed by atoms with Crippen LogP contribution < -0.4 is 5.73 Å². The molecule has 1 atom stereocenters. The van der Waals surface area contributed by atoms with Gasteiger partial charge in [-0.05, 0) is 13.0 Å². The predicted octanol–water partition coefficient (Wildman–Crippen LogP) is 1.65. The Morgan fingerprint density at radius 3 is 2.93 bits per heavy atom. The summed E-state index contributed by atoms with van der Waals surface area (Å²) < 4.78 is 9.61. The molecule has 80 valence electrons. The van der Waals surface area contributed by atoms with Crippen LogP contribution in [0, 0.1) is 0 Å². The molecule has 14 heavy (non-hydrogen) atoms. The zero-order valence-corrected chi connectivity index (χ0v) is 8.75. The van der Waals surface area contributed by atoms with Gasteiger partial charge in [-0.15, -0.1) is 12.4 Å². The van der Waals surface area contributed by atoms with E-state index >= 15 is 0 Å². The molecular formula is C9H14ClNO3. The molecule has 0 amide bonds. The summed E-state index contributed by atoms with van der Waals surface area (Å²) in [4.78, 5) is 11.0. The van der Waals surface area contributed by atoms with Crippen LogP contribution in [0.3, 0.4) is 0 Å². The Morgan fingerprint density at radius 1 is 1.71 bits per heavy atom. The number of furan rings is 1. The first-order chi connectivity index (χ1) is 6.24. The summed E-state index contributed by atoms with van der Waals surface area (Å²) in [5.41, 5.74) is 6.52. The SMILES string of the molecule is CCOC(=O)C[C@H](N)c1ccoc1.Cl. The highest BCUT2D eigenvalue weighted by Crippen LogP contribution is 2.14. The van der Waals surface area contributed by atoms with Gasteiger partial charge in [0.05, 0.1) is 25.6 Å². The molecule has 0 spiro atoms. The van der Waals surface area contributed by atoms with Crippen molar-refractivity contribution in [1.29, 1.82) is 0 Å². The van der Waals surface area contributed by atoms with Crippen LogP contribution in [0.25, 0.3) is 0 Å². The highest BCUT2D eigenvalue weighted by atomic mass is 35.5. The van der Waals surface area contributed by atoms with Crippen molar-refractivity contribution in [3.63, 3.8) is 0 Å². The van der Waals surface area contributed by atoms with Crippen molar-refractivity contribution in [1.82, 2.24) is 0 Å². The van der Waals surface area contributed by atoms with Crippen molar-refractivity contribution in [2.45, 2.75) is 19.4 Å². The van der Waals surface area contributed by atoms with E-state index in [1.807, 2.05) is 0 Å². The van der Waals surface area contributed by atoms with Gasteiger partial charge in [0.1, 0.15) is 0 Å². The Kier molecular flexibility index (Phi) is 5.99. The lowest BCUT2D eigenvalue weighted by molar-refractivity contribution is -0.143. The van der Waals surface area contributed by atoms with E-state index < -0.39 is 0 Å². The van der Waals surface area contributed by atoms with E-state index in [1.165, 1.54) is 12.5 Å². The lowest BCUT2D eigenvalue weighted by Crippen LogP contribution is -2.16. The second-order valence-electron chi connectivity index (χ2n) is 2.67. The van der Waals surface area contributed by atoms with Crippen LogP contribution in [0.2, 0.25) is 0 Å². The van der Waals surface area contributed by atoms with Crippen LogP contribution >= 0.6 is 12.4 Å². The first-order valence-corrected chi connectivity index (χ1v) is 4.17. The third-order valence-corrected chi connectivity index (χ3v) is 1.66. The van der Waals surface area contributed by atoms with Crippen LogP contribution in [0.4, 0.5) is 0 Å². The highest BCUT2D eigenvalue weighted by Gasteiger charge is 2.12. The standard InChI is InChI=1S/C9H13NO3.ClH/c1-2-13-9(11)5-8(10)7-3-4-12-6-7;/h3-4,6,8H,2,5,10H2,1H3;1H/t8-;/m0./s1. The maximum atomic E-state index is 11.0. The molecule has 0 saturated carbocycles. The highest BCUT2D eigenvalue weighted by molar-refractivity contribution is 5.85. The average Bonchev–Trinajstić information content (AvgIpc) is 2.55. The Labute approximate surface area is 88.8 Å². The van der Waals surface area contributed by atoms with Crippen molar-refractivity contribution in [3.8, 4) is 0 Å². The van der Waals surface area contributed by atoms with E-state index in [0.29, 0.717) is 6.61 Å². The van der Waals surface area contributed by atoms with Gasteiger partial charge >= 0.3 is 5.97 Å². The van der Waals surface area contributed by atoms with E-state index in [9.17, 15) is 4.79 Å². The van der Waals surface area contributed by atoms with Crippen LogP contribution in [-0.4, -0.2) is 12.6 Å². The summed E-state index contributed by atoms with van der Waals surface area (Å²) in [6.07, 6.45) is 3.25. The number of nitrogens with two attached hydrogens (primary N) is 1. The molecule has 1 rings (SSSR count). The molecule has 1 heterocycles. The number of carbonyl (C=O) groups excluding carboxylic acids is 1. The quantitative estimate of drug-likeness (QED) is 0.783. The molecule has 5 heteroatoms. The molecule has 0 fully saturated rings. The van der Waals surface area contributed by atoms with Gasteiger partial charge in [0.15, 0.2) is 0 Å². The largest absolute Gasteiger partial charge is 0.472 e. The molecule has 0 bridgehead atoms. The number of ether oxygens (including phenoxy) is 1. The number of carbonyl (C=O) groups is 1. The topological polar surface area (TPSA) is 65.5 Å². The summed E-state index contributed by atoms with van der Waals surface area (Å²) in [7, 11) is 0. The molecular weight excluding hydrogens is 206 g/mol. The Balaban J connectivity index is 0.00000169. The Morgan fingerprint density at radius 2 is 2.43 bits per heavy atom. The molecule has 0 unspecified atom stereocenters. The second kappa shape index (κ2) is 6.45. The minimum absolute atomic E-state index is 0. The summed E-state index contributed by atoms with van der Waals surface area (Å²) in [6.45, 7) is 2.15. The zero-order valence-electron chi connectivity index (χ0n) is 7.93. The summed E-state index contributed by atoms with van der Waals surface area (Å²) in [5, 5.41) is 0. The molecule has 0 aliphatic rings. The summed E-state index contributed by atoms with van der Waals surface area (Å²) >= 11 is 0. The minimum atomic E-state index is -0.335. The van der Waals surface area contributed by atoms with Gasteiger partial charge in [-0.2, -0.15) is 0 Å². The van der Waals surface area contributed by atoms with Gasteiger partial charge in [0.2, 0.25) is 0 Å². The lowest BCUT2D eigenvalue weighted by atomic mass is 10.1. The van der Waals surface area contributed by atoms with Crippen LogP contribution in [0.1, 0.15) is 24.9 Å². The summed E-state index contributed by atoms with van der Waals surface area (Å²) in [5.74, 6) is -0.281. The summed E-state index contributed by atoms with van der Waals surface area (Å²) in [6, 6.07) is 1.40. The van der Waals surface area contributed by atoms with Gasteiger partial charge in [-0.25, -0.2) is 0 Å². The Bertz CT molecular complexity index is 261. The van der Waals surface area contributed by atoms with Gasteiger partial charge in [0, 0.05) is 11.6 Å². The smallest absolute Gasteiger partial charge is 0.307 e. The van der Waals surface area contributed by atoms with Crippen molar-refractivity contribution < 1.29 is 13.9 Å². The second-order valence-corrected chi connectivity index (χ2v) is 2.67. The molecule has 2 N–H and O–H groups in total. The molecule has 1 aromatic rings. The average molecular weight is 220 g/mol. The number of halogens is 1. The normalized spacial score (nSPS) is 11.6. The third-order valence-electron chi connectivity index (χ3n) is 1.66. The first-order valence-electron chi connectivity index (χ1n) is 4.17. The number of esters is 1. The fourth-order valence-electron chi connectivity index (χ4n) is 1.00. The van der Waals surface area contributed by atoms with E-state index in [-0.39, 0.29) is 30.8 Å². The van der Waals surface area contributed by atoms with Crippen molar-refractivity contribution in [2.75, 3.05) is 6.61 Å². The molecule has 1 aromatic heterocycles. The molecule has 0 aliphatic heterocycles. The van der Waals surface area contributed by atoms with E-state index in [4.69, 9.17) is 14.9 Å².